The Morgan fingerprint density at radius 1 is 1.28 bits per heavy atom. The number of nitrogens with one attached hydrogen (secondary N) is 2. The molecule has 1 aromatic carbocycles. The Kier molecular flexibility index (Phi) is 3.02. The number of nitrogens with zero attached hydrogens (tertiary/aromatic N) is 1. The van der Waals surface area contributed by atoms with Gasteiger partial charge in [0.1, 0.15) is 0 Å². The first-order valence-corrected chi connectivity index (χ1v) is 6.43. The smallest absolute Gasteiger partial charge is 0.269 e. The lowest BCUT2D eigenvalue weighted by Crippen LogP contribution is -2.37. The van der Waals surface area contributed by atoms with E-state index in [4.69, 9.17) is 0 Å². The summed E-state index contributed by atoms with van der Waals surface area (Å²) >= 11 is 0. The average Bonchev–Trinajstić information content (AvgIpc) is 2.91. The van der Waals surface area contributed by atoms with Gasteiger partial charge in [-0.15, -0.1) is 0 Å². The van der Waals surface area contributed by atoms with Crippen LogP contribution in [0.15, 0.2) is 41.2 Å². The number of para-hydroxylation sites is 1. The molecule has 1 unspecified atom stereocenters. The fourth-order valence-corrected chi connectivity index (χ4v) is 2.48. The van der Waals surface area contributed by atoms with Gasteiger partial charge in [0.2, 0.25) is 0 Å². The lowest BCUT2D eigenvalue weighted by molar-refractivity contribution is 0.604. The topological polar surface area (TPSA) is 46.1 Å². The van der Waals surface area contributed by atoms with Crippen LogP contribution in [0.5, 0.6) is 0 Å². The lowest BCUT2D eigenvalue weighted by Gasteiger charge is -2.16. The van der Waals surface area contributed by atoms with Gasteiger partial charge in [0.25, 0.3) is 5.56 Å². The minimum Gasteiger partial charge on any atom is -0.321 e. The van der Waals surface area contributed by atoms with Gasteiger partial charge >= 0.3 is 0 Å². The zero-order valence-electron chi connectivity index (χ0n) is 10.2. The van der Waals surface area contributed by atoms with E-state index >= 15 is 0 Å². The molecule has 0 radical (unpaired) electrons. The Labute approximate surface area is 106 Å². The van der Waals surface area contributed by atoms with Gasteiger partial charge in [0.15, 0.2) is 0 Å². The number of fused-ring (bicyclic) bond motifs is 1. The standard InChI is InChI=1S/C14H17N3O/c18-14-8-7-11-4-1-2-6-13(11)17(14)16-10-12-5-3-9-15-12/h1-2,4,6-8,12,15-16H,3,5,9-10H2. The third-order valence-corrected chi connectivity index (χ3v) is 3.46. The van der Waals surface area contributed by atoms with Crippen LogP contribution in [0.25, 0.3) is 10.9 Å². The molecule has 0 saturated carbocycles. The summed E-state index contributed by atoms with van der Waals surface area (Å²) in [6, 6.07) is 11.9. The second kappa shape index (κ2) is 4.82. The van der Waals surface area contributed by atoms with Gasteiger partial charge in [0.05, 0.1) is 5.52 Å². The third kappa shape index (κ3) is 2.11. The van der Waals surface area contributed by atoms with Gasteiger partial charge in [-0.1, -0.05) is 18.2 Å². The van der Waals surface area contributed by atoms with Crippen LogP contribution in [0.1, 0.15) is 12.8 Å². The fourth-order valence-electron chi connectivity index (χ4n) is 2.48. The zero-order valence-corrected chi connectivity index (χ0v) is 10.2. The molecule has 94 valence electrons. The second-order valence-electron chi connectivity index (χ2n) is 4.72. The molecular formula is C14H17N3O. The molecule has 1 aromatic heterocycles. The lowest BCUT2D eigenvalue weighted by atomic mass is 10.2. The number of rotatable bonds is 3. The predicted molar refractivity (Wildman–Crippen MR) is 73.5 cm³/mol. The largest absolute Gasteiger partial charge is 0.321 e. The summed E-state index contributed by atoms with van der Waals surface area (Å²) in [4.78, 5) is 11.9. The first kappa shape index (κ1) is 11.3. The van der Waals surface area contributed by atoms with E-state index in [1.807, 2.05) is 30.3 Å². The van der Waals surface area contributed by atoms with E-state index in [9.17, 15) is 4.79 Å². The van der Waals surface area contributed by atoms with Crippen LogP contribution in [0.4, 0.5) is 0 Å². The average molecular weight is 243 g/mol. The van der Waals surface area contributed by atoms with Crippen molar-refractivity contribution in [3.63, 3.8) is 0 Å². The maximum Gasteiger partial charge on any atom is 0.269 e. The fraction of sp³-hybridized carbons (Fsp3) is 0.357. The first-order valence-electron chi connectivity index (χ1n) is 6.43. The molecule has 1 aliphatic heterocycles. The molecule has 1 fully saturated rings. The van der Waals surface area contributed by atoms with Gasteiger partial charge in [-0.3, -0.25) is 4.79 Å². The van der Waals surface area contributed by atoms with Crippen LogP contribution >= 0.6 is 0 Å². The number of hydrogen-bond donors (Lipinski definition) is 2. The van der Waals surface area contributed by atoms with E-state index in [-0.39, 0.29) is 5.56 Å². The molecule has 1 aliphatic rings. The molecule has 0 amide bonds. The third-order valence-electron chi connectivity index (χ3n) is 3.46. The molecule has 2 aromatic rings. The van der Waals surface area contributed by atoms with Gasteiger partial charge in [-0.05, 0) is 31.5 Å². The van der Waals surface area contributed by atoms with Gasteiger partial charge in [-0.2, -0.15) is 0 Å². The van der Waals surface area contributed by atoms with Crippen LogP contribution in [-0.4, -0.2) is 23.8 Å². The summed E-state index contributed by atoms with van der Waals surface area (Å²) < 4.78 is 1.65. The Bertz CT molecular complexity index is 599. The highest BCUT2D eigenvalue weighted by Crippen LogP contribution is 2.10. The summed E-state index contributed by atoms with van der Waals surface area (Å²) in [5, 5.41) is 4.49. The molecule has 1 atom stereocenters. The summed E-state index contributed by atoms with van der Waals surface area (Å²) in [5.74, 6) is 0. The number of aromatic nitrogens is 1. The van der Waals surface area contributed by atoms with Crippen molar-refractivity contribution >= 4 is 10.9 Å². The molecule has 0 spiro atoms. The van der Waals surface area contributed by atoms with E-state index in [1.165, 1.54) is 12.8 Å². The molecule has 0 aliphatic carbocycles. The van der Waals surface area contributed by atoms with Crippen molar-refractivity contribution in [2.24, 2.45) is 0 Å². The number of pyridine rings is 1. The summed E-state index contributed by atoms with van der Waals surface area (Å²) in [6.45, 7) is 1.87. The Balaban J connectivity index is 1.89. The molecule has 0 bridgehead atoms. The highest BCUT2D eigenvalue weighted by Gasteiger charge is 2.13. The van der Waals surface area contributed by atoms with Crippen molar-refractivity contribution in [2.75, 3.05) is 18.5 Å². The van der Waals surface area contributed by atoms with E-state index in [0.29, 0.717) is 6.04 Å². The Hall–Kier alpha value is -1.81. The van der Waals surface area contributed by atoms with Crippen LogP contribution in [0.3, 0.4) is 0 Å². The van der Waals surface area contributed by atoms with Crippen LogP contribution < -0.4 is 16.3 Å². The Morgan fingerprint density at radius 2 is 2.17 bits per heavy atom. The van der Waals surface area contributed by atoms with Crippen molar-refractivity contribution in [1.82, 2.24) is 9.99 Å². The Morgan fingerprint density at radius 3 is 3.00 bits per heavy atom. The minimum atomic E-state index is -0.00769. The normalized spacial score (nSPS) is 19.2. The quantitative estimate of drug-likeness (QED) is 0.854. The summed E-state index contributed by atoms with van der Waals surface area (Å²) in [5.41, 5.74) is 4.17. The number of hydrogen-bond acceptors (Lipinski definition) is 3. The minimum absolute atomic E-state index is 0.00769. The molecule has 4 heteroatoms. The molecule has 2 N–H and O–H groups in total. The van der Waals surface area contributed by atoms with Crippen LogP contribution in [0.2, 0.25) is 0 Å². The maximum atomic E-state index is 11.9. The number of benzene rings is 1. The van der Waals surface area contributed by atoms with Crippen molar-refractivity contribution in [1.29, 1.82) is 0 Å². The zero-order chi connectivity index (χ0) is 12.4. The summed E-state index contributed by atoms with van der Waals surface area (Å²) in [6.07, 6.45) is 2.39. The van der Waals surface area contributed by atoms with E-state index in [2.05, 4.69) is 10.7 Å². The highest BCUT2D eigenvalue weighted by molar-refractivity contribution is 5.78. The van der Waals surface area contributed by atoms with Crippen molar-refractivity contribution in [2.45, 2.75) is 18.9 Å². The van der Waals surface area contributed by atoms with E-state index < -0.39 is 0 Å². The predicted octanol–water partition coefficient (Wildman–Crippen LogP) is 1.30. The molecule has 1 saturated heterocycles. The first-order chi connectivity index (χ1) is 8.84. The summed E-state index contributed by atoms with van der Waals surface area (Å²) in [7, 11) is 0. The maximum absolute atomic E-state index is 11.9. The molecule has 3 rings (SSSR count). The molecule has 2 heterocycles. The van der Waals surface area contributed by atoms with E-state index in [0.717, 1.165) is 24.0 Å². The van der Waals surface area contributed by atoms with Gasteiger partial charge < -0.3 is 10.7 Å². The van der Waals surface area contributed by atoms with Crippen molar-refractivity contribution < 1.29 is 0 Å². The van der Waals surface area contributed by atoms with E-state index in [1.54, 1.807) is 10.7 Å². The van der Waals surface area contributed by atoms with Crippen molar-refractivity contribution in [3.8, 4) is 0 Å². The second-order valence-corrected chi connectivity index (χ2v) is 4.72. The van der Waals surface area contributed by atoms with Crippen molar-refractivity contribution in [3.05, 3.63) is 46.8 Å². The highest BCUT2D eigenvalue weighted by atomic mass is 16.1. The SMILES string of the molecule is O=c1ccc2ccccc2n1NCC1CCCN1. The molecule has 4 nitrogen and oxygen atoms in total. The van der Waals surface area contributed by atoms with Crippen LogP contribution in [0, 0.1) is 0 Å². The van der Waals surface area contributed by atoms with Crippen LogP contribution in [-0.2, 0) is 0 Å². The molecular weight excluding hydrogens is 226 g/mol. The van der Waals surface area contributed by atoms with Gasteiger partial charge in [-0.25, -0.2) is 4.68 Å². The molecule has 18 heavy (non-hydrogen) atoms. The van der Waals surface area contributed by atoms with Gasteiger partial charge in [0, 0.05) is 24.0 Å². The monoisotopic (exact) mass is 243 g/mol.